The van der Waals surface area contributed by atoms with Crippen molar-refractivity contribution < 1.29 is 9.53 Å². The van der Waals surface area contributed by atoms with Gasteiger partial charge >= 0.3 is 5.97 Å². The van der Waals surface area contributed by atoms with Crippen LogP contribution in [0.5, 0.6) is 0 Å². The van der Waals surface area contributed by atoms with Gasteiger partial charge in [-0.3, -0.25) is 9.88 Å². The molecule has 1 aromatic heterocycles. The number of nitrogens with zero attached hydrogens (tertiary/aromatic N) is 2. The molecule has 1 fully saturated rings. The van der Waals surface area contributed by atoms with Crippen LogP contribution < -0.4 is 0 Å². The van der Waals surface area contributed by atoms with Crippen LogP contribution in [0.25, 0.3) is 22.0 Å². The summed E-state index contributed by atoms with van der Waals surface area (Å²) in [7, 11) is 0. The lowest BCUT2D eigenvalue weighted by Gasteiger charge is -2.22. The molecular formula is C25H28N2O2. The van der Waals surface area contributed by atoms with E-state index in [1.807, 2.05) is 30.3 Å². The fraction of sp³-hybridized carbons (Fsp3) is 0.360. The van der Waals surface area contributed by atoms with Crippen LogP contribution >= 0.6 is 0 Å². The first kappa shape index (κ1) is 19.6. The van der Waals surface area contributed by atoms with Gasteiger partial charge in [0.2, 0.25) is 0 Å². The average molecular weight is 389 g/mol. The van der Waals surface area contributed by atoms with Crippen molar-refractivity contribution >= 4 is 16.7 Å². The molecule has 1 atom stereocenters. The van der Waals surface area contributed by atoms with Gasteiger partial charge < -0.3 is 4.74 Å². The maximum absolute atomic E-state index is 13.0. The molecule has 0 amide bonds. The van der Waals surface area contributed by atoms with Crippen LogP contribution in [0.1, 0.15) is 41.3 Å². The predicted octanol–water partition coefficient (Wildman–Crippen LogP) is 5.16. The largest absolute Gasteiger partial charge is 0.460 e. The van der Waals surface area contributed by atoms with E-state index in [2.05, 4.69) is 42.8 Å². The third-order valence-electron chi connectivity index (χ3n) is 6.08. The van der Waals surface area contributed by atoms with E-state index in [4.69, 9.17) is 4.74 Å². The van der Waals surface area contributed by atoms with Gasteiger partial charge in [-0.25, -0.2) is 4.79 Å². The first-order valence-corrected chi connectivity index (χ1v) is 10.4. The number of likely N-dealkylation sites (tertiary alicyclic amines) is 1. The molecule has 2 heterocycles. The van der Waals surface area contributed by atoms with Crippen molar-refractivity contribution in [2.24, 2.45) is 0 Å². The number of fused-ring (bicyclic) bond motifs is 1. The van der Waals surface area contributed by atoms with Gasteiger partial charge in [0.1, 0.15) is 6.61 Å². The van der Waals surface area contributed by atoms with Crippen molar-refractivity contribution in [3.05, 3.63) is 65.4 Å². The van der Waals surface area contributed by atoms with Gasteiger partial charge in [-0.2, -0.15) is 0 Å². The van der Waals surface area contributed by atoms with E-state index in [1.165, 1.54) is 12.0 Å². The number of aromatic nitrogens is 1. The maximum Gasteiger partial charge on any atom is 0.340 e. The molecule has 3 aromatic rings. The minimum atomic E-state index is -0.284. The lowest BCUT2D eigenvalue weighted by molar-refractivity contribution is 0.0403. The van der Waals surface area contributed by atoms with E-state index in [-0.39, 0.29) is 5.97 Å². The Balaban J connectivity index is 1.69. The van der Waals surface area contributed by atoms with Gasteiger partial charge in [0.05, 0.1) is 11.3 Å². The Morgan fingerprint density at radius 3 is 2.59 bits per heavy atom. The zero-order valence-corrected chi connectivity index (χ0v) is 17.4. The molecule has 1 unspecified atom stereocenters. The number of aryl methyl sites for hydroxylation is 2. The molecular weight excluding hydrogens is 360 g/mol. The summed E-state index contributed by atoms with van der Waals surface area (Å²) in [5.41, 5.74) is 4.83. The van der Waals surface area contributed by atoms with E-state index in [1.54, 1.807) is 6.20 Å². The molecule has 2 aromatic carbocycles. The Labute approximate surface area is 172 Å². The van der Waals surface area contributed by atoms with E-state index < -0.39 is 0 Å². The number of ether oxygens (including phenoxy) is 1. The molecule has 29 heavy (non-hydrogen) atoms. The number of benzene rings is 2. The summed E-state index contributed by atoms with van der Waals surface area (Å²) in [5.74, 6) is -0.284. The van der Waals surface area contributed by atoms with Crippen molar-refractivity contribution in [2.45, 2.75) is 39.7 Å². The van der Waals surface area contributed by atoms with Gasteiger partial charge in [-0.05, 0) is 57.0 Å². The zero-order valence-electron chi connectivity index (χ0n) is 17.4. The first-order chi connectivity index (χ1) is 14.1. The highest BCUT2D eigenvalue weighted by Gasteiger charge is 2.25. The van der Waals surface area contributed by atoms with Crippen LogP contribution in [0.3, 0.4) is 0 Å². The first-order valence-electron chi connectivity index (χ1n) is 10.4. The average Bonchev–Trinajstić information content (AvgIpc) is 3.20. The van der Waals surface area contributed by atoms with Gasteiger partial charge in [0.25, 0.3) is 0 Å². The number of hydrogen-bond acceptors (Lipinski definition) is 4. The summed E-state index contributed by atoms with van der Waals surface area (Å²) >= 11 is 0. The molecule has 0 saturated carbocycles. The Morgan fingerprint density at radius 1 is 1.14 bits per heavy atom. The van der Waals surface area contributed by atoms with E-state index in [9.17, 15) is 4.79 Å². The van der Waals surface area contributed by atoms with E-state index >= 15 is 0 Å². The number of rotatable bonds is 5. The van der Waals surface area contributed by atoms with Crippen LogP contribution in [0.4, 0.5) is 0 Å². The van der Waals surface area contributed by atoms with Crippen LogP contribution in [-0.2, 0) is 4.74 Å². The quantitative estimate of drug-likeness (QED) is 0.566. The molecule has 4 heteroatoms. The lowest BCUT2D eigenvalue weighted by atomic mass is 9.96. The minimum Gasteiger partial charge on any atom is -0.460 e. The fourth-order valence-electron chi connectivity index (χ4n) is 4.24. The standard InChI is InChI=1S/C25H28N2O2/c1-4-27-12-8-11-20(27)16-29-25(28)23-15-26-24(19-9-6-5-7-10-19)22-14-18(3)17(2)13-21(22)23/h5-7,9-10,13-15,20H,4,8,11-12,16H2,1-3H3. The molecule has 150 valence electrons. The van der Waals surface area contributed by atoms with Crippen LogP contribution in [0.15, 0.2) is 48.7 Å². The number of carbonyl (C=O) groups excluding carboxylic acids is 1. The Bertz CT molecular complexity index is 1030. The van der Waals surface area contributed by atoms with Crippen LogP contribution in [-0.4, -0.2) is 41.6 Å². The maximum atomic E-state index is 13.0. The monoisotopic (exact) mass is 388 g/mol. The lowest BCUT2D eigenvalue weighted by Crippen LogP contribution is -2.33. The highest BCUT2D eigenvalue weighted by molar-refractivity contribution is 6.08. The van der Waals surface area contributed by atoms with Gasteiger partial charge in [-0.1, -0.05) is 43.3 Å². The van der Waals surface area contributed by atoms with Crippen molar-refractivity contribution in [3.8, 4) is 11.3 Å². The summed E-state index contributed by atoms with van der Waals surface area (Å²) in [6.45, 7) is 8.85. The molecule has 4 nitrogen and oxygen atoms in total. The molecule has 0 radical (unpaired) electrons. The minimum absolute atomic E-state index is 0.284. The number of esters is 1. The van der Waals surface area contributed by atoms with Gasteiger partial charge in [0.15, 0.2) is 0 Å². The van der Waals surface area contributed by atoms with Crippen molar-refractivity contribution in [3.63, 3.8) is 0 Å². The van der Waals surface area contributed by atoms with Crippen molar-refractivity contribution in [1.29, 1.82) is 0 Å². The predicted molar refractivity (Wildman–Crippen MR) is 117 cm³/mol. The van der Waals surface area contributed by atoms with Crippen molar-refractivity contribution in [1.82, 2.24) is 9.88 Å². The molecule has 1 aliphatic rings. The second-order valence-corrected chi connectivity index (χ2v) is 7.89. The molecule has 0 N–H and O–H groups in total. The SMILES string of the molecule is CCN1CCCC1COC(=O)c1cnc(-c2ccccc2)c2cc(C)c(C)cc12. The third-order valence-corrected chi connectivity index (χ3v) is 6.08. The van der Waals surface area contributed by atoms with Crippen molar-refractivity contribution in [2.75, 3.05) is 19.7 Å². The second-order valence-electron chi connectivity index (χ2n) is 7.89. The number of likely N-dealkylation sites (N-methyl/N-ethyl adjacent to an activating group) is 1. The number of pyridine rings is 1. The summed E-state index contributed by atoms with van der Waals surface area (Å²) in [5, 5.41) is 1.90. The summed E-state index contributed by atoms with van der Waals surface area (Å²) in [6.07, 6.45) is 3.93. The Morgan fingerprint density at radius 2 is 1.86 bits per heavy atom. The fourth-order valence-corrected chi connectivity index (χ4v) is 4.24. The second kappa shape index (κ2) is 8.34. The molecule has 1 saturated heterocycles. The Kier molecular flexibility index (Phi) is 5.63. The third kappa shape index (κ3) is 3.90. The van der Waals surface area contributed by atoms with Crippen LogP contribution in [0.2, 0.25) is 0 Å². The topological polar surface area (TPSA) is 42.4 Å². The van der Waals surface area contributed by atoms with Gasteiger partial charge in [0, 0.05) is 28.6 Å². The summed E-state index contributed by atoms with van der Waals surface area (Å²) in [4.78, 5) is 20.0. The molecule has 0 aliphatic carbocycles. The summed E-state index contributed by atoms with van der Waals surface area (Å²) < 4.78 is 5.75. The number of carbonyl (C=O) groups is 1. The molecule has 0 bridgehead atoms. The highest BCUT2D eigenvalue weighted by atomic mass is 16.5. The Hall–Kier alpha value is -2.72. The van der Waals surface area contributed by atoms with E-state index in [0.717, 1.165) is 47.1 Å². The zero-order chi connectivity index (χ0) is 20.4. The molecule has 0 spiro atoms. The smallest absolute Gasteiger partial charge is 0.340 e. The van der Waals surface area contributed by atoms with E-state index in [0.29, 0.717) is 18.2 Å². The van der Waals surface area contributed by atoms with Crippen LogP contribution in [0, 0.1) is 13.8 Å². The van der Waals surface area contributed by atoms with Gasteiger partial charge in [-0.15, -0.1) is 0 Å². The highest BCUT2D eigenvalue weighted by Crippen LogP contribution is 2.31. The molecule has 1 aliphatic heterocycles. The normalized spacial score (nSPS) is 17.0. The summed E-state index contributed by atoms with van der Waals surface area (Å²) in [6, 6.07) is 14.7. The number of hydrogen-bond donors (Lipinski definition) is 0. The molecule has 4 rings (SSSR count).